The monoisotopic (exact) mass is 383 g/mol. The highest BCUT2D eigenvalue weighted by molar-refractivity contribution is 7.20. The van der Waals surface area contributed by atoms with Gasteiger partial charge in [0.2, 0.25) is 5.88 Å². The van der Waals surface area contributed by atoms with Crippen LogP contribution in [0, 0.1) is 6.92 Å². The van der Waals surface area contributed by atoms with Crippen molar-refractivity contribution in [3.8, 4) is 5.88 Å². The van der Waals surface area contributed by atoms with Gasteiger partial charge in [-0.15, -0.1) is 11.3 Å². The van der Waals surface area contributed by atoms with Crippen molar-refractivity contribution in [3.05, 3.63) is 41.2 Å². The molecular formula is C19H21N5O2S. The summed E-state index contributed by atoms with van der Waals surface area (Å²) in [6, 6.07) is 5.89. The predicted octanol–water partition coefficient (Wildman–Crippen LogP) is 2.76. The highest BCUT2D eigenvalue weighted by Crippen LogP contribution is 2.35. The van der Waals surface area contributed by atoms with E-state index >= 15 is 0 Å². The fraction of sp³-hybridized carbons (Fsp3) is 0.368. The molecule has 0 aliphatic carbocycles. The van der Waals surface area contributed by atoms with Crippen molar-refractivity contribution >= 4 is 33.3 Å². The van der Waals surface area contributed by atoms with Crippen molar-refractivity contribution in [3.63, 3.8) is 0 Å². The maximum absolute atomic E-state index is 13.1. The molecule has 4 heterocycles. The number of amides is 1. The van der Waals surface area contributed by atoms with Crippen molar-refractivity contribution in [1.29, 1.82) is 0 Å². The van der Waals surface area contributed by atoms with Crippen LogP contribution < -0.4 is 9.64 Å². The van der Waals surface area contributed by atoms with Crippen molar-refractivity contribution in [2.45, 2.75) is 13.8 Å². The van der Waals surface area contributed by atoms with Crippen molar-refractivity contribution in [2.24, 2.45) is 0 Å². The molecule has 0 radical (unpaired) electrons. The first kappa shape index (κ1) is 17.7. The zero-order valence-corrected chi connectivity index (χ0v) is 16.2. The molecule has 0 unspecified atom stereocenters. The SMILES string of the molecule is CCOc1ncnc2sc(C(=O)N3CCN(c4ccccn4)CC3)c(C)c12. The number of ether oxygens (including phenoxy) is 1. The Hall–Kier alpha value is -2.74. The summed E-state index contributed by atoms with van der Waals surface area (Å²) < 4.78 is 5.62. The third kappa shape index (κ3) is 3.32. The fourth-order valence-electron chi connectivity index (χ4n) is 3.31. The number of aromatic nitrogens is 3. The van der Waals surface area contributed by atoms with E-state index < -0.39 is 0 Å². The molecule has 0 bridgehead atoms. The number of pyridine rings is 1. The normalized spacial score (nSPS) is 14.6. The van der Waals surface area contributed by atoms with Gasteiger partial charge in [0, 0.05) is 32.4 Å². The standard InChI is InChI=1S/C19H21N5O2S/c1-3-26-17-15-13(2)16(27-18(15)22-12-21-17)19(25)24-10-8-23(9-11-24)14-6-4-5-7-20-14/h4-7,12H,3,8-11H2,1-2H3. The van der Waals surface area contributed by atoms with Gasteiger partial charge in [0.25, 0.3) is 5.91 Å². The largest absolute Gasteiger partial charge is 0.477 e. The highest BCUT2D eigenvalue weighted by atomic mass is 32.1. The Balaban J connectivity index is 1.54. The number of fused-ring (bicyclic) bond motifs is 1. The number of rotatable bonds is 4. The lowest BCUT2D eigenvalue weighted by Crippen LogP contribution is -2.49. The van der Waals surface area contributed by atoms with Crippen molar-refractivity contribution in [1.82, 2.24) is 19.9 Å². The summed E-state index contributed by atoms with van der Waals surface area (Å²) in [5, 5.41) is 0.847. The third-order valence-electron chi connectivity index (χ3n) is 4.71. The summed E-state index contributed by atoms with van der Waals surface area (Å²) in [4.78, 5) is 31.7. The first-order chi connectivity index (χ1) is 13.2. The van der Waals surface area contributed by atoms with Gasteiger partial charge in [-0.05, 0) is 31.5 Å². The Morgan fingerprint density at radius 1 is 1.19 bits per heavy atom. The van der Waals surface area contributed by atoms with Gasteiger partial charge in [0.1, 0.15) is 17.0 Å². The van der Waals surface area contributed by atoms with Crippen molar-refractivity contribution in [2.75, 3.05) is 37.7 Å². The zero-order valence-electron chi connectivity index (χ0n) is 15.4. The van der Waals surface area contributed by atoms with Crippen LogP contribution in [-0.2, 0) is 0 Å². The number of hydrogen-bond donors (Lipinski definition) is 0. The Kier molecular flexibility index (Phi) is 4.89. The van der Waals surface area contributed by atoms with Crippen molar-refractivity contribution < 1.29 is 9.53 Å². The lowest BCUT2D eigenvalue weighted by Gasteiger charge is -2.35. The smallest absolute Gasteiger partial charge is 0.264 e. The van der Waals surface area contributed by atoms with Crippen LogP contribution in [0.25, 0.3) is 10.2 Å². The summed E-state index contributed by atoms with van der Waals surface area (Å²) >= 11 is 1.41. The fourth-order valence-corrected chi connectivity index (χ4v) is 4.42. The second-order valence-electron chi connectivity index (χ2n) is 6.32. The summed E-state index contributed by atoms with van der Waals surface area (Å²) in [7, 11) is 0. The number of piperazine rings is 1. The number of thiophene rings is 1. The van der Waals surface area contributed by atoms with Gasteiger partial charge >= 0.3 is 0 Å². The summed E-state index contributed by atoms with van der Waals surface area (Å²) in [6.45, 7) is 7.29. The molecular weight excluding hydrogens is 362 g/mol. The van der Waals surface area contributed by atoms with E-state index in [1.807, 2.05) is 36.9 Å². The zero-order chi connectivity index (χ0) is 18.8. The van der Waals surface area contributed by atoms with Crippen LogP contribution in [0.4, 0.5) is 5.82 Å². The molecule has 27 heavy (non-hydrogen) atoms. The lowest BCUT2D eigenvalue weighted by molar-refractivity contribution is 0.0751. The van der Waals surface area contributed by atoms with E-state index in [0.717, 1.165) is 39.6 Å². The van der Waals surface area contributed by atoms with Gasteiger partial charge in [-0.25, -0.2) is 15.0 Å². The van der Waals surface area contributed by atoms with Gasteiger partial charge in [-0.3, -0.25) is 4.79 Å². The Morgan fingerprint density at radius 3 is 2.70 bits per heavy atom. The van der Waals surface area contributed by atoms with Crippen LogP contribution in [0.5, 0.6) is 5.88 Å². The second kappa shape index (κ2) is 7.48. The molecule has 1 saturated heterocycles. The summed E-state index contributed by atoms with van der Waals surface area (Å²) in [5.41, 5.74) is 0.899. The molecule has 140 valence electrons. The van der Waals surface area contributed by atoms with Gasteiger partial charge in [-0.1, -0.05) is 6.07 Å². The minimum Gasteiger partial charge on any atom is -0.477 e. The number of anilines is 1. The first-order valence-corrected chi connectivity index (χ1v) is 9.82. The highest BCUT2D eigenvalue weighted by Gasteiger charge is 2.27. The van der Waals surface area contributed by atoms with Gasteiger partial charge in [-0.2, -0.15) is 0 Å². The second-order valence-corrected chi connectivity index (χ2v) is 7.31. The van der Waals surface area contributed by atoms with Crippen LogP contribution >= 0.6 is 11.3 Å². The van der Waals surface area contributed by atoms with Crippen LogP contribution in [-0.4, -0.2) is 58.5 Å². The van der Waals surface area contributed by atoms with E-state index in [1.165, 1.54) is 17.7 Å². The number of aryl methyl sites for hydroxylation is 1. The minimum atomic E-state index is 0.0543. The Bertz CT molecular complexity index is 951. The molecule has 0 saturated carbocycles. The van der Waals surface area contributed by atoms with Crippen LogP contribution in [0.15, 0.2) is 30.7 Å². The van der Waals surface area contributed by atoms with E-state index in [9.17, 15) is 4.79 Å². The van der Waals surface area contributed by atoms with E-state index in [4.69, 9.17) is 4.74 Å². The van der Waals surface area contributed by atoms with E-state index in [-0.39, 0.29) is 5.91 Å². The average Bonchev–Trinajstić information content (AvgIpc) is 3.06. The molecule has 0 atom stereocenters. The molecule has 8 heteroatoms. The van der Waals surface area contributed by atoms with Crippen LogP contribution in [0.3, 0.4) is 0 Å². The first-order valence-electron chi connectivity index (χ1n) is 9.01. The third-order valence-corrected chi connectivity index (χ3v) is 5.90. The van der Waals surface area contributed by atoms with E-state index in [0.29, 0.717) is 25.6 Å². The minimum absolute atomic E-state index is 0.0543. The molecule has 3 aromatic rings. The lowest BCUT2D eigenvalue weighted by atomic mass is 10.2. The molecule has 3 aromatic heterocycles. The molecule has 1 aliphatic heterocycles. The van der Waals surface area contributed by atoms with Gasteiger partial charge in [0.05, 0.1) is 16.9 Å². The average molecular weight is 383 g/mol. The number of nitrogens with zero attached hydrogens (tertiary/aromatic N) is 5. The quantitative estimate of drug-likeness (QED) is 0.690. The van der Waals surface area contributed by atoms with Crippen LogP contribution in [0.1, 0.15) is 22.2 Å². The van der Waals surface area contributed by atoms with E-state index in [1.54, 1.807) is 6.20 Å². The van der Waals surface area contributed by atoms with E-state index in [2.05, 4.69) is 19.9 Å². The molecule has 1 fully saturated rings. The topological polar surface area (TPSA) is 71.5 Å². The molecule has 7 nitrogen and oxygen atoms in total. The maximum Gasteiger partial charge on any atom is 0.264 e. The summed E-state index contributed by atoms with van der Waals surface area (Å²) in [6.07, 6.45) is 3.29. The van der Waals surface area contributed by atoms with Gasteiger partial charge < -0.3 is 14.5 Å². The number of carbonyl (C=O) groups is 1. The molecule has 0 N–H and O–H groups in total. The molecule has 0 aromatic carbocycles. The molecule has 4 rings (SSSR count). The number of hydrogen-bond acceptors (Lipinski definition) is 7. The molecule has 0 spiro atoms. The molecule has 1 aliphatic rings. The maximum atomic E-state index is 13.1. The number of carbonyl (C=O) groups excluding carboxylic acids is 1. The summed E-state index contributed by atoms with van der Waals surface area (Å²) in [5.74, 6) is 1.56. The Morgan fingerprint density at radius 2 is 2.00 bits per heavy atom. The predicted molar refractivity (Wildman–Crippen MR) is 106 cm³/mol. The van der Waals surface area contributed by atoms with Gasteiger partial charge in [0.15, 0.2) is 0 Å². The van der Waals surface area contributed by atoms with Crippen LogP contribution in [0.2, 0.25) is 0 Å². The Labute approximate surface area is 161 Å². The molecule has 1 amide bonds.